The molecule has 1 aromatic carbocycles. The van der Waals surface area contributed by atoms with Crippen molar-refractivity contribution in [3.8, 4) is 0 Å². The van der Waals surface area contributed by atoms with Crippen LogP contribution in [0.3, 0.4) is 0 Å². The zero-order valence-corrected chi connectivity index (χ0v) is 11.4. The average molecular weight is 273 g/mol. The number of carbonyl (C=O) groups is 1. The van der Waals surface area contributed by atoms with Crippen LogP contribution in [0.4, 0.5) is 15.9 Å². The molecule has 1 aromatic heterocycles. The molecule has 0 aliphatic rings. The van der Waals surface area contributed by atoms with Gasteiger partial charge in [0.15, 0.2) is 11.6 Å². The number of hydrogen-bond donors (Lipinski definition) is 2. The molecule has 104 valence electrons. The summed E-state index contributed by atoms with van der Waals surface area (Å²) in [7, 11) is 0. The third-order valence-electron chi connectivity index (χ3n) is 2.87. The molecule has 0 saturated carbocycles. The average Bonchev–Trinajstić information content (AvgIpc) is 2.44. The number of rotatable bonds is 4. The van der Waals surface area contributed by atoms with E-state index in [9.17, 15) is 9.18 Å². The predicted molar refractivity (Wildman–Crippen MR) is 77.5 cm³/mol. The first-order valence-electron chi connectivity index (χ1n) is 6.38. The van der Waals surface area contributed by atoms with Gasteiger partial charge in [0.25, 0.3) is 5.91 Å². The number of nitrogens with one attached hydrogen (secondary N) is 2. The molecule has 2 rings (SSSR count). The molecule has 1 heterocycles. The maximum Gasteiger partial charge on any atom is 0.258 e. The fourth-order valence-corrected chi connectivity index (χ4v) is 1.81. The van der Waals surface area contributed by atoms with E-state index in [0.717, 1.165) is 5.56 Å². The van der Waals surface area contributed by atoms with Gasteiger partial charge in [0.1, 0.15) is 0 Å². The fraction of sp³-hybridized carbons (Fsp3) is 0.200. The van der Waals surface area contributed by atoms with Crippen LogP contribution in [0.25, 0.3) is 0 Å². The highest BCUT2D eigenvalue weighted by molar-refractivity contribution is 6.05. The summed E-state index contributed by atoms with van der Waals surface area (Å²) in [4.78, 5) is 16.0. The van der Waals surface area contributed by atoms with E-state index in [-0.39, 0.29) is 11.4 Å². The Morgan fingerprint density at radius 3 is 2.75 bits per heavy atom. The minimum absolute atomic E-state index is 0.0285. The van der Waals surface area contributed by atoms with E-state index in [2.05, 4.69) is 15.6 Å². The summed E-state index contributed by atoms with van der Waals surface area (Å²) in [5.41, 5.74) is 1.56. The zero-order valence-electron chi connectivity index (χ0n) is 11.4. The minimum Gasteiger partial charge on any atom is -0.368 e. The van der Waals surface area contributed by atoms with Crippen molar-refractivity contribution in [2.75, 3.05) is 17.2 Å². The SMILES string of the molecule is CCNc1nccc(C(=O)Nc2ccccc2C)c1F. The second-order valence-corrected chi connectivity index (χ2v) is 4.32. The van der Waals surface area contributed by atoms with Crippen LogP contribution < -0.4 is 10.6 Å². The number of nitrogens with zero attached hydrogens (tertiary/aromatic N) is 1. The molecule has 1 amide bonds. The Morgan fingerprint density at radius 1 is 1.30 bits per heavy atom. The smallest absolute Gasteiger partial charge is 0.258 e. The zero-order chi connectivity index (χ0) is 14.5. The molecule has 0 unspecified atom stereocenters. The van der Waals surface area contributed by atoms with Crippen molar-refractivity contribution >= 4 is 17.4 Å². The molecule has 5 heteroatoms. The van der Waals surface area contributed by atoms with Gasteiger partial charge in [-0.1, -0.05) is 18.2 Å². The number of hydrogen-bond acceptors (Lipinski definition) is 3. The van der Waals surface area contributed by atoms with Crippen LogP contribution in [0.2, 0.25) is 0 Å². The molecule has 0 radical (unpaired) electrons. The monoisotopic (exact) mass is 273 g/mol. The van der Waals surface area contributed by atoms with Crippen LogP contribution in [-0.4, -0.2) is 17.4 Å². The molecule has 2 aromatic rings. The first-order chi connectivity index (χ1) is 9.63. The summed E-state index contributed by atoms with van der Waals surface area (Å²) in [5, 5.41) is 5.48. The number of benzene rings is 1. The quantitative estimate of drug-likeness (QED) is 0.899. The molecule has 0 fully saturated rings. The number of para-hydroxylation sites is 1. The van der Waals surface area contributed by atoms with Gasteiger partial charge >= 0.3 is 0 Å². The predicted octanol–water partition coefficient (Wildman–Crippen LogP) is 3.21. The summed E-state index contributed by atoms with van der Waals surface area (Å²) in [6.45, 7) is 4.25. The molecule has 0 bridgehead atoms. The number of carbonyl (C=O) groups excluding carboxylic acids is 1. The summed E-state index contributed by atoms with van der Waals surface area (Å²) < 4.78 is 14.1. The number of halogens is 1. The molecule has 0 aliphatic heterocycles. The van der Waals surface area contributed by atoms with Crippen LogP contribution in [0.15, 0.2) is 36.5 Å². The van der Waals surface area contributed by atoms with Crippen molar-refractivity contribution in [3.63, 3.8) is 0 Å². The molecule has 0 saturated heterocycles. The standard InChI is InChI=1S/C15H16FN3O/c1-3-17-14-13(16)11(8-9-18-14)15(20)19-12-7-5-4-6-10(12)2/h4-9H,3H2,1-2H3,(H,17,18)(H,19,20). The Balaban J connectivity index is 2.26. The second-order valence-electron chi connectivity index (χ2n) is 4.32. The van der Waals surface area contributed by atoms with Crippen LogP contribution in [-0.2, 0) is 0 Å². The molecule has 20 heavy (non-hydrogen) atoms. The lowest BCUT2D eigenvalue weighted by Crippen LogP contribution is -2.16. The van der Waals surface area contributed by atoms with E-state index < -0.39 is 11.7 Å². The van der Waals surface area contributed by atoms with Gasteiger partial charge in [-0.15, -0.1) is 0 Å². The normalized spacial score (nSPS) is 10.2. The van der Waals surface area contributed by atoms with Crippen molar-refractivity contribution in [3.05, 3.63) is 53.5 Å². The summed E-state index contributed by atoms with van der Waals surface area (Å²) >= 11 is 0. The molecular weight excluding hydrogens is 257 g/mol. The number of amides is 1. The Hall–Kier alpha value is -2.43. The number of anilines is 2. The first-order valence-corrected chi connectivity index (χ1v) is 6.38. The van der Waals surface area contributed by atoms with Crippen LogP contribution >= 0.6 is 0 Å². The lowest BCUT2D eigenvalue weighted by molar-refractivity contribution is 0.102. The summed E-state index contributed by atoms with van der Waals surface area (Å²) in [6, 6.07) is 8.71. The van der Waals surface area contributed by atoms with Gasteiger partial charge in [-0.05, 0) is 31.5 Å². The lowest BCUT2D eigenvalue weighted by Gasteiger charge is -2.10. The maximum atomic E-state index is 14.1. The van der Waals surface area contributed by atoms with E-state index in [1.54, 1.807) is 6.07 Å². The topological polar surface area (TPSA) is 54.0 Å². The van der Waals surface area contributed by atoms with E-state index in [1.807, 2.05) is 32.0 Å². The Bertz CT molecular complexity index is 628. The number of aryl methyl sites for hydroxylation is 1. The van der Waals surface area contributed by atoms with E-state index in [0.29, 0.717) is 12.2 Å². The molecule has 2 N–H and O–H groups in total. The summed E-state index contributed by atoms with van der Waals surface area (Å²) in [5.74, 6) is -1.04. The van der Waals surface area contributed by atoms with Crippen molar-refractivity contribution in [2.24, 2.45) is 0 Å². The van der Waals surface area contributed by atoms with Gasteiger partial charge in [0.2, 0.25) is 0 Å². The van der Waals surface area contributed by atoms with Gasteiger partial charge in [-0.2, -0.15) is 0 Å². The highest BCUT2D eigenvalue weighted by Gasteiger charge is 2.16. The van der Waals surface area contributed by atoms with Gasteiger partial charge in [-0.25, -0.2) is 9.37 Å². The third kappa shape index (κ3) is 2.93. The van der Waals surface area contributed by atoms with Crippen molar-refractivity contribution in [1.29, 1.82) is 0 Å². The fourth-order valence-electron chi connectivity index (χ4n) is 1.81. The Labute approximate surface area is 117 Å². The molecular formula is C15H16FN3O. The molecule has 4 nitrogen and oxygen atoms in total. The van der Waals surface area contributed by atoms with Gasteiger partial charge in [-0.3, -0.25) is 4.79 Å². The van der Waals surface area contributed by atoms with E-state index >= 15 is 0 Å². The third-order valence-corrected chi connectivity index (χ3v) is 2.87. The Morgan fingerprint density at radius 2 is 2.05 bits per heavy atom. The lowest BCUT2D eigenvalue weighted by atomic mass is 10.1. The van der Waals surface area contributed by atoms with Crippen LogP contribution in [0, 0.1) is 12.7 Å². The van der Waals surface area contributed by atoms with Gasteiger partial charge in [0, 0.05) is 18.4 Å². The van der Waals surface area contributed by atoms with Gasteiger partial charge in [0.05, 0.1) is 5.56 Å². The van der Waals surface area contributed by atoms with Crippen molar-refractivity contribution in [2.45, 2.75) is 13.8 Å². The highest BCUT2D eigenvalue weighted by atomic mass is 19.1. The number of aromatic nitrogens is 1. The first kappa shape index (κ1) is 14.0. The largest absolute Gasteiger partial charge is 0.368 e. The van der Waals surface area contributed by atoms with E-state index in [4.69, 9.17) is 0 Å². The highest BCUT2D eigenvalue weighted by Crippen LogP contribution is 2.18. The Kier molecular flexibility index (Phi) is 4.30. The van der Waals surface area contributed by atoms with Crippen LogP contribution in [0.5, 0.6) is 0 Å². The van der Waals surface area contributed by atoms with Crippen LogP contribution in [0.1, 0.15) is 22.8 Å². The molecule has 0 spiro atoms. The van der Waals surface area contributed by atoms with E-state index in [1.165, 1.54) is 12.3 Å². The maximum absolute atomic E-state index is 14.1. The summed E-state index contributed by atoms with van der Waals surface area (Å²) in [6.07, 6.45) is 1.41. The van der Waals surface area contributed by atoms with Crippen molar-refractivity contribution < 1.29 is 9.18 Å². The van der Waals surface area contributed by atoms with Gasteiger partial charge < -0.3 is 10.6 Å². The molecule has 0 atom stereocenters. The van der Waals surface area contributed by atoms with Crippen molar-refractivity contribution in [1.82, 2.24) is 4.98 Å². The second kappa shape index (κ2) is 6.14. The number of pyridine rings is 1. The molecule has 0 aliphatic carbocycles. The minimum atomic E-state index is -0.638.